The van der Waals surface area contributed by atoms with Crippen molar-refractivity contribution in [3.05, 3.63) is 0 Å². The Balaban J connectivity index is 1.56. The highest BCUT2D eigenvalue weighted by Crippen LogP contribution is 2.34. The standard InChI is InChI=1S/C13H25N/c1-2-13(12-7-8-12)14-10-9-11-5-3-4-6-11/h11-14H,2-10H2,1H3. The smallest absolute Gasteiger partial charge is 0.00927 e. The molecule has 2 rings (SSSR count). The predicted octanol–water partition coefficient (Wildman–Crippen LogP) is 3.34. The van der Waals surface area contributed by atoms with Gasteiger partial charge in [-0.3, -0.25) is 0 Å². The van der Waals surface area contributed by atoms with E-state index in [9.17, 15) is 0 Å². The van der Waals surface area contributed by atoms with Crippen LogP contribution in [0.5, 0.6) is 0 Å². The van der Waals surface area contributed by atoms with Crippen molar-refractivity contribution >= 4 is 0 Å². The molecule has 2 aliphatic rings. The Kier molecular flexibility index (Phi) is 3.86. The molecule has 0 aromatic rings. The van der Waals surface area contributed by atoms with E-state index in [0.717, 1.165) is 17.9 Å². The van der Waals surface area contributed by atoms with Gasteiger partial charge in [-0.15, -0.1) is 0 Å². The molecule has 14 heavy (non-hydrogen) atoms. The van der Waals surface area contributed by atoms with Crippen molar-refractivity contribution in [1.82, 2.24) is 5.32 Å². The number of nitrogens with one attached hydrogen (secondary N) is 1. The zero-order valence-electron chi connectivity index (χ0n) is 9.60. The number of rotatable bonds is 6. The lowest BCUT2D eigenvalue weighted by Crippen LogP contribution is -2.31. The second-order valence-corrected chi connectivity index (χ2v) is 5.25. The van der Waals surface area contributed by atoms with Crippen LogP contribution in [-0.4, -0.2) is 12.6 Å². The van der Waals surface area contributed by atoms with E-state index in [1.54, 1.807) is 0 Å². The first-order chi connectivity index (χ1) is 6.90. The van der Waals surface area contributed by atoms with Crippen LogP contribution < -0.4 is 5.32 Å². The lowest BCUT2D eigenvalue weighted by Gasteiger charge is -2.17. The summed E-state index contributed by atoms with van der Waals surface area (Å²) >= 11 is 0. The van der Waals surface area contributed by atoms with Crippen LogP contribution >= 0.6 is 0 Å². The molecule has 0 heterocycles. The fourth-order valence-corrected chi connectivity index (χ4v) is 2.91. The second kappa shape index (κ2) is 5.16. The maximum absolute atomic E-state index is 3.76. The van der Waals surface area contributed by atoms with Crippen LogP contribution in [0.2, 0.25) is 0 Å². The van der Waals surface area contributed by atoms with Gasteiger partial charge in [-0.05, 0) is 44.1 Å². The van der Waals surface area contributed by atoms with Crippen molar-refractivity contribution < 1.29 is 0 Å². The third kappa shape index (κ3) is 2.98. The number of hydrogen-bond donors (Lipinski definition) is 1. The van der Waals surface area contributed by atoms with Gasteiger partial charge in [-0.25, -0.2) is 0 Å². The molecule has 0 bridgehead atoms. The Morgan fingerprint density at radius 3 is 2.43 bits per heavy atom. The van der Waals surface area contributed by atoms with Gasteiger partial charge >= 0.3 is 0 Å². The maximum atomic E-state index is 3.76. The second-order valence-electron chi connectivity index (χ2n) is 5.25. The SMILES string of the molecule is CCC(NCCC1CCCC1)C1CC1. The van der Waals surface area contributed by atoms with Crippen LogP contribution in [0, 0.1) is 11.8 Å². The summed E-state index contributed by atoms with van der Waals surface area (Å²) in [6.07, 6.45) is 11.7. The summed E-state index contributed by atoms with van der Waals surface area (Å²) in [6, 6.07) is 0.844. The molecular weight excluding hydrogens is 170 g/mol. The molecule has 1 unspecified atom stereocenters. The zero-order valence-corrected chi connectivity index (χ0v) is 9.60. The summed E-state index contributed by atoms with van der Waals surface area (Å²) in [5.41, 5.74) is 0. The number of hydrogen-bond acceptors (Lipinski definition) is 1. The summed E-state index contributed by atoms with van der Waals surface area (Å²) in [6.45, 7) is 3.60. The first-order valence-corrected chi connectivity index (χ1v) is 6.63. The van der Waals surface area contributed by atoms with Crippen molar-refractivity contribution in [2.24, 2.45) is 11.8 Å². The van der Waals surface area contributed by atoms with Crippen LogP contribution in [0.3, 0.4) is 0 Å². The minimum atomic E-state index is 0.844. The van der Waals surface area contributed by atoms with Gasteiger partial charge in [0.1, 0.15) is 0 Å². The zero-order chi connectivity index (χ0) is 9.80. The molecule has 0 aromatic carbocycles. The largest absolute Gasteiger partial charge is 0.314 e. The Bertz CT molecular complexity index is 157. The van der Waals surface area contributed by atoms with Crippen molar-refractivity contribution in [3.8, 4) is 0 Å². The molecule has 1 heteroatoms. The summed E-state index contributed by atoms with van der Waals surface area (Å²) < 4.78 is 0. The third-order valence-corrected chi connectivity index (χ3v) is 4.06. The molecule has 2 fully saturated rings. The van der Waals surface area contributed by atoms with Crippen LogP contribution in [-0.2, 0) is 0 Å². The third-order valence-electron chi connectivity index (χ3n) is 4.06. The minimum absolute atomic E-state index is 0.844. The molecule has 0 saturated heterocycles. The molecule has 1 nitrogen and oxygen atoms in total. The maximum Gasteiger partial charge on any atom is 0.00927 e. The normalized spacial score (nSPS) is 25.5. The van der Waals surface area contributed by atoms with Crippen LogP contribution in [0.25, 0.3) is 0 Å². The van der Waals surface area contributed by atoms with Crippen LogP contribution in [0.4, 0.5) is 0 Å². The molecule has 1 N–H and O–H groups in total. The van der Waals surface area contributed by atoms with Gasteiger partial charge in [0.2, 0.25) is 0 Å². The molecule has 2 aliphatic carbocycles. The van der Waals surface area contributed by atoms with Crippen LogP contribution in [0.1, 0.15) is 58.3 Å². The van der Waals surface area contributed by atoms with Crippen molar-refractivity contribution in [3.63, 3.8) is 0 Å². The molecule has 0 aliphatic heterocycles. The van der Waals surface area contributed by atoms with Gasteiger partial charge in [-0.2, -0.15) is 0 Å². The minimum Gasteiger partial charge on any atom is -0.314 e. The molecule has 82 valence electrons. The fraction of sp³-hybridized carbons (Fsp3) is 1.00. The molecular formula is C13H25N. The van der Waals surface area contributed by atoms with Crippen LogP contribution in [0.15, 0.2) is 0 Å². The van der Waals surface area contributed by atoms with E-state index in [0.29, 0.717) is 0 Å². The van der Waals surface area contributed by atoms with E-state index in [2.05, 4.69) is 12.2 Å². The first-order valence-electron chi connectivity index (χ1n) is 6.63. The highest BCUT2D eigenvalue weighted by atomic mass is 14.9. The van der Waals surface area contributed by atoms with E-state index in [4.69, 9.17) is 0 Å². The van der Waals surface area contributed by atoms with Gasteiger partial charge in [0.05, 0.1) is 0 Å². The fourth-order valence-electron chi connectivity index (χ4n) is 2.91. The predicted molar refractivity (Wildman–Crippen MR) is 61.4 cm³/mol. The average Bonchev–Trinajstić information content (AvgIpc) is 2.91. The lowest BCUT2D eigenvalue weighted by molar-refractivity contribution is 0.407. The molecule has 1 atom stereocenters. The Hall–Kier alpha value is -0.0400. The van der Waals surface area contributed by atoms with E-state index in [-0.39, 0.29) is 0 Å². The van der Waals surface area contributed by atoms with E-state index >= 15 is 0 Å². The van der Waals surface area contributed by atoms with Gasteiger partial charge in [0.25, 0.3) is 0 Å². The Labute approximate surface area is 88.7 Å². The van der Waals surface area contributed by atoms with Gasteiger partial charge in [0.15, 0.2) is 0 Å². The molecule has 0 amide bonds. The summed E-state index contributed by atoms with van der Waals surface area (Å²) in [7, 11) is 0. The molecule has 0 aromatic heterocycles. The summed E-state index contributed by atoms with van der Waals surface area (Å²) in [4.78, 5) is 0. The monoisotopic (exact) mass is 195 g/mol. The van der Waals surface area contributed by atoms with Gasteiger partial charge in [-0.1, -0.05) is 32.6 Å². The summed E-state index contributed by atoms with van der Waals surface area (Å²) in [5.74, 6) is 2.09. The first kappa shape index (κ1) is 10.5. The highest BCUT2D eigenvalue weighted by molar-refractivity contribution is 4.85. The van der Waals surface area contributed by atoms with E-state index < -0.39 is 0 Å². The van der Waals surface area contributed by atoms with E-state index in [1.807, 2.05) is 0 Å². The topological polar surface area (TPSA) is 12.0 Å². The molecule has 2 saturated carbocycles. The van der Waals surface area contributed by atoms with Gasteiger partial charge < -0.3 is 5.32 Å². The van der Waals surface area contributed by atoms with Crippen molar-refractivity contribution in [2.75, 3.05) is 6.54 Å². The Morgan fingerprint density at radius 2 is 1.86 bits per heavy atom. The average molecular weight is 195 g/mol. The molecule has 0 spiro atoms. The lowest BCUT2D eigenvalue weighted by atomic mass is 10.0. The van der Waals surface area contributed by atoms with Crippen molar-refractivity contribution in [1.29, 1.82) is 0 Å². The van der Waals surface area contributed by atoms with Crippen molar-refractivity contribution in [2.45, 2.75) is 64.3 Å². The summed E-state index contributed by atoms with van der Waals surface area (Å²) in [5, 5.41) is 3.76. The van der Waals surface area contributed by atoms with Gasteiger partial charge in [0, 0.05) is 6.04 Å². The quantitative estimate of drug-likeness (QED) is 0.685. The molecule has 0 radical (unpaired) electrons. The Morgan fingerprint density at radius 1 is 1.14 bits per heavy atom. The van der Waals surface area contributed by atoms with E-state index in [1.165, 1.54) is 57.9 Å². The highest BCUT2D eigenvalue weighted by Gasteiger charge is 2.29.